The lowest BCUT2D eigenvalue weighted by Crippen LogP contribution is -2.32. The zero-order valence-corrected chi connectivity index (χ0v) is 10.8. The van der Waals surface area contributed by atoms with Gasteiger partial charge < -0.3 is 15.4 Å². The average molecular weight is 216 g/mol. The third kappa shape index (κ3) is 8.85. The summed E-state index contributed by atoms with van der Waals surface area (Å²) in [7, 11) is 2.15. The van der Waals surface area contributed by atoms with Crippen LogP contribution in [0.15, 0.2) is 0 Å². The van der Waals surface area contributed by atoms with Crippen LogP contribution in [0, 0.1) is 5.92 Å². The van der Waals surface area contributed by atoms with Crippen LogP contribution in [-0.2, 0) is 4.74 Å². The quantitative estimate of drug-likeness (QED) is 0.596. The van der Waals surface area contributed by atoms with Gasteiger partial charge in [-0.05, 0) is 39.3 Å². The highest BCUT2D eigenvalue weighted by Gasteiger charge is 2.08. The Kier molecular flexibility index (Phi) is 9.06. The minimum Gasteiger partial charge on any atom is -0.382 e. The van der Waals surface area contributed by atoms with Gasteiger partial charge in [0, 0.05) is 25.8 Å². The molecule has 0 aliphatic rings. The average Bonchev–Trinajstić information content (AvgIpc) is 2.20. The van der Waals surface area contributed by atoms with E-state index in [0.29, 0.717) is 12.0 Å². The predicted molar refractivity (Wildman–Crippen MR) is 66.0 cm³/mol. The minimum absolute atomic E-state index is 0.333. The largest absolute Gasteiger partial charge is 0.382 e. The second-order valence-electron chi connectivity index (χ2n) is 4.55. The molecule has 0 aliphatic carbocycles. The summed E-state index contributed by atoms with van der Waals surface area (Å²) >= 11 is 0. The molecule has 0 aliphatic heterocycles. The molecule has 92 valence electrons. The van der Waals surface area contributed by atoms with E-state index < -0.39 is 0 Å². The van der Waals surface area contributed by atoms with Gasteiger partial charge in [-0.3, -0.25) is 0 Å². The fourth-order valence-corrected chi connectivity index (χ4v) is 1.40. The van der Waals surface area contributed by atoms with Crippen molar-refractivity contribution >= 4 is 0 Å². The molecule has 0 fully saturated rings. The second-order valence-corrected chi connectivity index (χ2v) is 4.55. The molecule has 0 spiro atoms. The van der Waals surface area contributed by atoms with E-state index in [1.54, 1.807) is 0 Å². The van der Waals surface area contributed by atoms with Crippen LogP contribution in [-0.4, -0.2) is 44.3 Å². The first-order valence-corrected chi connectivity index (χ1v) is 6.09. The van der Waals surface area contributed by atoms with Crippen LogP contribution in [0.4, 0.5) is 0 Å². The first-order chi connectivity index (χ1) is 7.07. The van der Waals surface area contributed by atoms with E-state index in [4.69, 9.17) is 10.5 Å². The summed E-state index contributed by atoms with van der Waals surface area (Å²) in [5.41, 5.74) is 5.99. The molecule has 0 radical (unpaired) electrons. The highest BCUT2D eigenvalue weighted by atomic mass is 16.5. The normalized spacial score (nSPS) is 13.8. The van der Waals surface area contributed by atoms with E-state index in [2.05, 4.69) is 25.8 Å². The van der Waals surface area contributed by atoms with E-state index in [-0.39, 0.29) is 0 Å². The van der Waals surface area contributed by atoms with Crippen molar-refractivity contribution in [2.24, 2.45) is 11.7 Å². The molecule has 3 heteroatoms. The summed E-state index contributed by atoms with van der Waals surface area (Å²) in [6, 6.07) is 0.333. The molecule has 0 bridgehead atoms. The van der Waals surface area contributed by atoms with E-state index >= 15 is 0 Å². The third-order valence-electron chi connectivity index (χ3n) is 2.73. The molecular formula is C12H28N2O. The summed E-state index contributed by atoms with van der Waals surface area (Å²) < 4.78 is 5.30. The zero-order valence-electron chi connectivity index (χ0n) is 10.8. The number of rotatable bonds is 9. The number of hydrogen-bond acceptors (Lipinski definition) is 3. The Labute approximate surface area is 95.0 Å². The van der Waals surface area contributed by atoms with Crippen molar-refractivity contribution in [3.8, 4) is 0 Å². The van der Waals surface area contributed by atoms with Crippen molar-refractivity contribution < 1.29 is 4.74 Å². The van der Waals surface area contributed by atoms with Crippen molar-refractivity contribution in [3.05, 3.63) is 0 Å². The van der Waals surface area contributed by atoms with Crippen molar-refractivity contribution in [3.63, 3.8) is 0 Å². The van der Waals surface area contributed by atoms with Gasteiger partial charge in [0.15, 0.2) is 0 Å². The Bertz CT molecular complexity index is 140. The molecule has 0 amide bonds. The summed E-state index contributed by atoms with van der Waals surface area (Å²) in [5.74, 6) is 0.585. The van der Waals surface area contributed by atoms with E-state index in [0.717, 1.165) is 39.1 Å². The molecule has 2 N–H and O–H groups in total. The van der Waals surface area contributed by atoms with Gasteiger partial charge in [0.25, 0.3) is 0 Å². The smallest absolute Gasteiger partial charge is 0.0478 e. The van der Waals surface area contributed by atoms with Gasteiger partial charge >= 0.3 is 0 Å². The maximum Gasteiger partial charge on any atom is 0.0478 e. The van der Waals surface area contributed by atoms with Gasteiger partial charge in [0.05, 0.1) is 0 Å². The van der Waals surface area contributed by atoms with Gasteiger partial charge in [-0.2, -0.15) is 0 Å². The van der Waals surface area contributed by atoms with Crippen LogP contribution in [0.5, 0.6) is 0 Å². The summed E-state index contributed by atoms with van der Waals surface area (Å²) in [6.45, 7) is 10.3. The lowest BCUT2D eigenvalue weighted by Gasteiger charge is -2.21. The molecule has 15 heavy (non-hydrogen) atoms. The van der Waals surface area contributed by atoms with E-state index in [1.165, 1.54) is 0 Å². The lowest BCUT2D eigenvalue weighted by atomic mass is 10.0. The molecule has 0 saturated heterocycles. The van der Waals surface area contributed by atoms with Gasteiger partial charge in [0.2, 0.25) is 0 Å². The molecule has 0 aromatic heterocycles. The van der Waals surface area contributed by atoms with Crippen LogP contribution in [0.3, 0.4) is 0 Å². The molecule has 0 aromatic carbocycles. The third-order valence-corrected chi connectivity index (χ3v) is 2.73. The Morgan fingerprint density at radius 3 is 2.47 bits per heavy atom. The van der Waals surface area contributed by atoms with Crippen LogP contribution in [0.2, 0.25) is 0 Å². The molecular weight excluding hydrogens is 188 g/mol. The lowest BCUT2D eigenvalue weighted by molar-refractivity contribution is 0.135. The second kappa shape index (κ2) is 9.13. The Hall–Kier alpha value is -0.120. The fraction of sp³-hybridized carbons (Fsp3) is 1.00. The van der Waals surface area contributed by atoms with Gasteiger partial charge in [-0.25, -0.2) is 0 Å². The molecule has 0 saturated carbocycles. The van der Waals surface area contributed by atoms with Crippen LogP contribution in [0.1, 0.15) is 33.6 Å². The summed E-state index contributed by atoms with van der Waals surface area (Å²) in [5, 5.41) is 0. The molecule has 1 atom stereocenters. The SMILES string of the molecule is CCOCCCN(C)CCC(N)C(C)C. The van der Waals surface area contributed by atoms with E-state index in [9.17, 15) is 0 Å². The fourth-order valence-electron chi connectivity index (χ4n) is 1.40. The minimum atomic E-state index is 0.333. The maximum atomic E-state index is 5.99. The highest BCUT2D eigenvalue weighted by molar-refractivity contribution is 4.67. The van der Waals surface area contributed by atoms with Crippen molar-refractivity contribution in [1.82, 2.24) is 4.90 Å². The zero-order chi connectivity index (χ0) is 11.7. The number of ether oxygens (including phenoxy) is 1. The maximum absolute atomic E-state index is 5.99. The Balaban J connectivity index is 3.36. The van der Waals surface area contributed by atoms with Crippen LogP contribution < -0.4 is 5.73 Å². The van der Waals surface area contributed by atoms with Crippen LogP contribution in [0.25, 0.3) is 0 Å². The monoisotopic (exact) mass is 216 g/mol. The standard InChI is InChI=1S/C12H28N2O/c1-5-15-10-6-8-14(4)9-7-12(13)11(2)3/h11-12H,5-10,13H2,1-4H3. The van der Waals surface area contributed by atoms with Crippen LogP contribution >= 0.6 is 0 Å². The number of hydrogen-bond donors (Lipinski definition) is 1. The van der Waals surface area contributed by atoms with Gasteiger partial charge in [-0.1, -0.05) is 13.8 Å². The molecule has 0 heterocycles. The van der Waals surface area contributed by atoms with Gasteiger partial charge in [-0.15, -0.1) is 0 Å². The number of nitrogens with zero attached hydrogens (tertiary/aromatic N) is 1. The van der Waals surface area contributed by atoms with Gasteiger partial charge in [0.1, 0.15) is 0 Å². The predicted octanol–water partition coefficient (Wildman–Crippen LogP) is 1.72. The van der Waals surface area contributed by atoms with Crippen molar-refractivity contribution in [2.75, 3.05) is 33.4 Å². The molecule has 0 rings (SSSR count). The number of nitrogens with two attached hydrogens (primary N) is 1. The van der Waals surface area contributed by atoms with Crippen molar-refractivity contribution in [1.29, 1.82) is 0 Å². The first kappa shape index (κ1) is 14.9. The summed E-state index contributed by atoms with van der Waals surface area (Å²) in [6.07, 6.45) is 2.20. The Morgan fingerprint density at radius 2 is 1.93 bits per heavy atom. The molecule has 1 unspecified atom stereocenters. The first-order valence-electron chi connectivity index (χ1n) is 6.09. The molecule has 3 nitrogen and oxygen atoms in total. The topological polar surface area (TPSA) is 38.5 Å². The highest BCUT2D eigenvalue weighted by Crippen LogP contribution is 2.03. The van der Waals surface area contributed by atoms with E-state index in [1.807, 2.05) is 6.92 Å². The van der Waals surface area contributed by atoms with Crippen molar-refractivity contribution in [2.45, 2.75) is 39.7 Å². The molecule has 0 aromatic rings. The Morgan fingerprint density at radius 1 is 1.27 bits per heavy atom. The summed E-state index contributed by atoms with van der Waals surface area (Å²) in [4.78, 5) is 2.33.